The zero-order valence-electron chi connectivity index (χ0n) is 10.1. The summed E-state index contributed by atoms with van der Waals surface area (Å²) in [6.45, 7) is 0.555. The summed E-state index contributed by atoms with van der Waals surface area (Å²) in [5, 5.41) is 15.1. The van der Waals surface area contributed by atoms with Crippen LogP contribution in [0.3, 0.4) is 0 Å². The van der Waals surface area contributed by atoms with Gasteiger partial charge in [-0.1, -0.05) is 0 Å². The van der Waals surface area contributed by atoms with Crippen LogP contribution in [0.15, 0.2) is 6.07 Å². The van der Waals surface area contributed by atoms with Crippen LogP contribution in [0, 0.1) is 11.3 Å². The summed E-state index contributed by atoms with van der Waals surface area (Å²) in [4.78, 5) is 11.7. The van der Waals surface area contributed by atoms with Gasteiger partial charge in [-0.3, -0.25) is 4.79 Å². The van der Waals surface area contributed by atoms with Crippen molar-refractivity contribution in [1.82, 2.24) is 15.1 Å². The molecule has 1 aromatic heterocycles. The van der Waals surface area contributed by atoms with Crippen LogP contribution < -0.4 is 10.1 Å². The Morgan fingerprint density at radius 2 is 2.41 bits per heavy atom. The minimum Gasteiger partial charge on any atom is -0.481 e. The summed E-state index contributed by atoms with van der Waals surface area (Å²) in [7, 11) is 3.24. The maximum Gasteiger partial charge on any atom is 0.271 e. The molecule has 1 aromatic rings. The fraction of sp³-hybridized carbons (Fsp3) is 0.545. The molecule has 0 spiro atoms. The van der Waals surface area contributed by atoms with Gasteiger partial charge >= 0.3 is 0 Å². The van der Waals surface area contributed by atoms with Gasteiger partial charge in [0.15, 0.2) is 5.69 Å². The first-order chi connectivity index (χ1) is 8.19. The number of aryl methyl sites for hydroxylation is 1. The largest absolute Gasteiger partial charge is 0.481 e. The second-order valence-electron chi connectivity index (χ2n) is 3.57. The first-order valence-corrected chi connectivity index (χ1v) is 5.42. The highest BCUT2D eigenvalue weighted by atomic mass is 16.5. The second kappa shape index (κ2) is 6.53. The highest BCUT2D eigenvalue weighted by Crippen LogP contribution is 2.10. The Labute approximate surface area is 100 Å². The van der Waals surface area contributed by atoms with Crippen LogP contribution in [0.1, 0.15) is 29.8 Å². The Kier molecular flexibility index (Phi) is 5.01. The predicted molar refractivity (Wildman–Crippen MR) is 61.6 cm³/mol. The zero-order valence-corrected chi connectivity index (χ0v) is 10.1. The smallest absolute Gasteiger partial charge is 0.271 e. The number of aromatic nitrogens is 2. The third-order valence-corrected chi connectivity index (χ3v) is 2.28. The molecule has 6 heteroatoms. The quantitative estimate of drug-likeness (QED) is 0.742. The van der Waals surface area contributed by atoms with E-state index in [9.17, 15) is 4.79 Å². The number of carbonyl (C=O) groups is 1. The molecule has 1 rings (SSSR count). The lowest BCUT2D eigenvalue weighted by Gasteiger charge is -2.00. The molecule has 0 saturated carbocycles. The number of hydrogen-bond donors (Lipinski definition) is 1. The molecule has 0 aliphatic heterocycles. The molecule has 0 radical (unpaired) electrons. The third-order valence-electron chi connectivity index (χ3n) is 2.28. The van der Waals surface area contributed by atoms with E-state index in [2.05, 4.69) is 16.5 Å². The average Bonchev–Trinajstić information content (AvgIpc) is 2.70. The Balaban J connectivity index is 2.39. The van der Waals surface area contributed by atoms with E-state index in [1.807, 2.05) is 0 Å². The number of unbranched alkanes of at least 4 members (excludes halogenated alkanes) is 2. The van der Waals surface area contributed by atoms with Crippen molar-refractivity contribution in [2.75, 3.05) is 13.7 Å². The van der Waals surface area contributed by atoms with E-state index in [-0.39, 0.29) is 5.91 Å². The van der Waals surface area contributed by atoms with Crippen LogP contribution in [0.4, 0.5) is 0 Å². The van der Waals surface area contributed by atoms with Gasteiger partial charge in [-0.25, -0.2) is 4.68 Å². The van der Waals surface area contributed by atoms with E-state index in [0.29, 0.717) is 24.5 Å². The zero-order chi connectivity index (χ0) is 12.7. The van der Waals surface area contributed by atoms with Gasteiger partial charge in [0.2, 0.25) is 5.88 Å². The number of nitrogens with zero attached hydrogens (tertiary/aromatic N) is 3. The third kappa shape index (κ3) is 3.79. The highest BCUT2D eigenvalue weighted by molar-refractivity contribution is 5.92. The van der Waals surface area contributed by atoms with Crippen LogP contribution >= 0.6 is 0 Å². The SMILES string of the molecule is COc1cc(C(=O)NCCCCC#N)nn1C. The normalized spacial score (nSPS) is 9.71. The number of nitrogens with one attached hydrogen (secondary N) is 1. The summed E-state index contributed by atoms with van der Waals surface area (Å²) < 4.78 is 6.52. The van der Waals surface area contributed by atoms with Gasteiger partial charge in [-0.05, 0) is 12.8 Å². The molecular formula is C11H16N4O2. The maximum atomic E-state index is 11.7. The van der Waals surface area contributed by atoms with Crippen molar-refractivity contribution in [1.29, 1.82) is 5.26 Å². The van der Waals surface area contributed by atoms with Crippen LogP contribution in [-0.4, -0.2) is 29.3 Å². The summed E-state index contributed by atoms with van der Waals surface area (Å²) in [5.41, 5.74) is 0.338. The molecule has 0 saturated heterocycles. The highest BCUT2D eigenvalue weighted by Gasteiger charge is 2.12. The number of methoxy groups -OCH3 is 1. The number of carbonyl (C=O) groups excluding carboxylic acids is 1. The molecule has 0 aromatic carbocycles. The topological polar surface area (TPSA) is 79.9 Å². The van der Waals surface area contributed by atoms with Crippen LogP contribution in [0.5, 0.6) is 5.88 Å². The van der Waals surface area contributed by atoms with Gasteiger partial charge in [0.1, 0.15) is 0 Å². The van der Waals surface area contributed by atoms with E-state index in [1.165, 1.54) is 11.8 Å². The first-order valence-electron chi connectivity index (χ1n) is 5.42. The van der Waals surface area contributed by atoms with Gasteiger partial charge < -0.3 is 10.1 Å². The fourth-order valence-electron chi connectivity index (χ4n) is 1.37. The number of rotatable bonds is 6. The minimum absolute atomic E-state index is 0.221. The Bertz CT molecular complexity index is 420. The molecule has 1 N–H and O–H groups in total. The number of hydrogen-bond acceptors (Lipinski definition) is 4. The lowest BCUT2D eigenvalue weighted by atomic mass is 10.2. The summed E-state index contributed by atoms with van der Waals surface area (Å²) in [5.74, 6) is 0.320. The predicted octanol–water partition coefficient (Wildman–Crippen LogP) is 0.852. The van der Waals surface area contributed by atoms with Gasteiger partial charge in [0, 0.05) is 26.1 Å². The van der Waals surface area contributed by atoms with Crippen LogP contribution in [0.25, 0.3) is 0 Å². The first kappa shape index (κ1) is 13.0. The minimum atomic E-state index is -0.221. The summed E-state index contributed by atoms with van der Waals surface area (Å²) >= 11 is 0. The standard InChI is InChI=1S/C11H16N4O2/c1-15-10(17-2)8-9(14-15)11(16)13-7-5-3-4-6-12/h8H,3-5,7H2,1-2H3,(H,13,16). The second-order valence-corrected chi connectivity index (χ2v) is 3.57. The van der Waals surface area contributed by atoms with E-state index in [4.69, 9.17) is 10.00 Å². The van der Waals surface area contributed by atoms with Gasteiger partial charge in [-0.15, -0.1) is 0 Å². The molecule has 0 bridgehead atoms. The molecule has 0 atom stereocenters. The Hall–Kier alpha value is -2.03. The number of amides is 1. The molecule has 6 nitrogen and oxygen atoms in total. The van der Waals surface area contributed by atoms with Gasteiger partial charge in [0.25, 0.3) is 5.91 Å². The van der Waals surface area contributed by atoms with Crippen molar-refractivity contribution in [2.24, 2.45) is 7.05 Å². The van der Waals surface area contributed by atoms with E-state index >= 15 is 0 Å². The van der Waals surface area contributed by atoms with Crippen LogP contribution in [-0.2, 0) is 7.05 Å². The van der Waals surface area contributed by atoms with Gasteiger partial charge in [0.05, 0.1) is 13.2 Å². The molecule has 92 valence electrons. The van der Waals surface area contributed by atoms with Crippen molar-refractivity contribution in [3.63, 3.8) is 0 Å². The van der Waals surface area contributed by atoms with Crippen molar-refractivity contribution >= 4 is 5.91 Å². The lowest BCUT2D eigenvalue weighted by Crippen LogP contribution is -2.24. The molecule has 1 amide bonds. The van der Waals surface area contributed by atoms with Crippen LogP contribution in [0.2, 0.25) is 0 Å². The van der Waals surface area contributed by atoms with Crippen molar-refractivity contribution in [3.05, 3.63) is 11.8 Å². The monoisotopic (exact) mass is 236 g/mol. The molecule has 0 fully saturated rings. The molecular weight excluding hydrogens is 220 g/mol. The van der Waals surface area contributed by atoms with E-state index < -0.39 is 0 Å². The molecule has 0 aliphatic rings. The molecule has 0 aliphatic carbocycles. The summed E-state index contributed by atoms with van der Waals surface area (Å²) in [6, 6.07) is 3.65. The maximum absolute atomic E-state index is 11.7. The molecule has 1 heterocycles. The van der Waals surface area contributed by atoms with Crippen molar-refractivity contribution in [3.8, 4) is 11.9 Å². The summed E-state index contributed by atoms with van der Waals surface area (Å²) in [6.07, 6.45) is 2.11. The van der Waals surface area contributed by atoms with E-state index in [0.717, 1.165) is 12.8 Å². The number of ether oxygens (including phenoxy) is 1. The Morgan fingerprint density at radius 3 is 3.00 bits per heavy atom. The van der Waals surface area contributed by atoms with Gasteiger partial charge in [-0.2, -0.15) is 10.4 Å². The fourth-order valence-corrected chi connectivity index (χ4v) is 1.37. The van der Waals surface area contributed by atoms with E-state index in [1.54, 1.807) is 13.1 Å². The molecule has 17 heavy (non-hydrogen) atoms. The Morgan fingerprint density at radius 1 is 1.65 bits per heavy atom. The lowest BCUT2D eigenvalue weighted by molar-refractivity contribution is 0.0947. The van der Waals surface area contributed by atoms with Crippen molar-refractivity contribution in [2.45, 2.75) is 19.3 Å². The average molecular weight is 236 g/mol. The van der Waals surface area contributed by atoms with Crippen molar-refractivity contribution < 1.29 is 9.53 Å². The molecule has 0 unspecified atom stereocenters. The number of nitriles is 1.